The zero-order valence-electron chi connectivity index (χ0n) is 9.63. The average molecular weight is 275 g/mol. The van der Waals surface area contributed by atoms with Crippen molar-refractivity contribution >= 4 is 21.6 Å². The topological polar surface area (TPSA) is 40.6 Å². The van der Waals surface area contributed by atoms with Crippen molar-refractivity contribution in [1.82, 2.24) is 9.21 Å². The molecule has 2 rings (SSSR count). The number of benzene rings is 1. The fourth-order valence-corrected chi connectivity index (χ4v) is 3.53. The standard InChI is InChI=1S/C11H15ClN2O2S/c1-13-5-7-14(8-6-13)17(15,16)11-4-2-3-10(12)9-11/h2-4,9H,5-8H2,1H3. The third-order valence-corrected chi connectivity index (χ3v) is 5.03. The molecule has 6 heteroatoms. The van der Waals surface area contributed by atoms with Gasteiger partial charge in [0.05, 0.1) is 4.90 Å². The summed E-state index contributed by atoms with van der Waals surface area (Å²) in [5, 5.41) is 0.445. The van der Waals surface area contributed by atoms with Crippen LogP contribution in [0.1, 0.15) is 0 Å². The molecule has 1 fully saturated rings. The summed E-state index contributed by atoms with van der Waals surface area (Å²) in [6, 6.07) is 6.41. The van der Waals surface area contributed by atoms with E-state index < -0.39 is 10.0 Å². The first-order valence-electron chi connectivity index (χ1n) is 5.44. The molecule has 1 saturated heterocycles. The maximum atomic E-state index is 12.3. The van der Waals surface area contributed by atoms with Crippen LogP contribution < -0.4 is 0 Å². The van der Waals surface area contributed by atoms with Crippen LogP contribution in [0.15, 0.2) is 29.2 Å². The Kier molecular flexibility index (Phi) is 3.73. The van der Waals surface area contributed by atoms with Gasteiger partial charge in [-0.3, -0.25) is 0 Å². The monoisotopic (exact) mass is 274 g/mol. The molecule has 1 heterocycles. The van der Waals surface area contributed by atoms with Gasteiger partial charge in [0.25, 0.3) is 0 Å². The Morgan fingerprint density at radius 2 is 1.82 bits per heavy atom. The molecule has 4 nitrogen and oxygen atoms in total. The van der Waals surface area contributed by atoms with E-state index >= 15 is 0 Å². The Morgan fingerprint density at radius 3 is 2.41 bits per heavy atom. The number of hydrogen-bond donors (Lipinski definition) is 0. The van der Waals surface area contributed by atoms with Crippen LogP contribution in [0.5, 0.6) is 0 Å². The molecule has 0 spiro atoms. The third kappa shape index (κ3) is 2.80. The molecular formula is C11H15ClN2O2S. The Morgan fingerprint density at radius 1 is 1.18 bits per heavy atom. The quantitative estimate of drug-likeness (QED) is 0.816. The van der Waals surface area contributed by atoms with E-state index in [1.807, 2.05) is 7.05 Å². The van der Waals surface area contributed by atoms with Gasteiger partial charge in [-0.1, -0.05) is 17.7 Å². The molecule has 0 radical (unpaired) electrons. The minimum atomic E-state index is -3.39. The number of halogens is 1. The highest BCUT2D eigenvalue weighted by atomic mass is 35.5. The summed E-state index contributed by atoms with van der Waals surface area (Å²) in [6.45, 7) is 2.59. The first-order valence-corrected chi connectivity index (χ1v) is 7.26. The second-order valence-electron chi connectivity index (χ2n) is 4.16. The molecule has 0 aliphatic carbocycles. The number of hydrogen-bond acceptors (Lipinski definition) is 3. The van der Waals surface area contributed by atoms with Gasteiger partial charge in [0.15, 0.2) is 0 Å². The summed E-state index contributed by atoms with van der Waals surface area (Å²) in [6.07, 6.45) is 0. The molecule has 1 aromatic rings. The van der Waals surface area contributed by atoms with Crippen LogP contribution in [0, 0.1) is 0 Å². The van der Waals surface area contributed by atoms with E-state index in [0.29, 0.717) is 18.1 Å². The molecule has 0 bridgehead atoms. The molecule has 0 atom stereocenters. The van der Waals surface area contributed by atoms with Crippen LogP contribution >= 0.6 is 11.6 Å². The van der Waals surface area contributed by atoms with Gasteiger partial charge >= 0.3 is 0 Å². The first kappa shape index (κ1) is 12.8. The van der Waals surface area contributed by atoms with Gasteiger partial charge in [0.2, 0.25) is 10.0 Å². The van der Waals surface area contributed by atoms with Crippen LogP contribution in [0.2, 0.25) is 5.02 Å². The van der Waals surface area contributed by atoms with Crippen LogP contribution in [0.25, 0.3) is 0 Å². The molecule has 1 aliphatic rings. The summed E-state index contributed by atoms with van der Waals surface area (Å²) in [5.74, 6) is 0. The SMILES string of the molecule is CN1CCN(S(=O)(=O)c2cccc(Cl)c2)CC1. The van der Waals surface area contributed by atoms with Crippen molar-refractivity contribution in [3.63, 3.8) is 0 Å². The third-order valence-electron chi connectivity index (χ3n) is 2.90. The van der Waals surface area contributed by atoms with E-state index in [9.17, 15) is 8.42 Å². The average Bonchev–Trinajstić information content (AvgIpc) is 2.29. The first-order chi connectivity index (χ1) is 8.00. The summed E-state index contributed by atoms with van der Waals surface area (Å²) in [7, 11) is -1.40. The lowest BCUT2D eigenvalue weighted by atomic mass is 10.4. The van der Waals surface area contributed by atoms with Gasteiger partial charge in [0, 0.05) is 31.2 Å². The fraction of sp³-hybridized carbons (Fsp3) is 0.455. The Labute approximate surface area is 107 Å². The van der Waals surface area contributed by atoms with Crippen LogP contribution in [0.3, 0.4) is 0 Å². The van der Waals surface area contributed by atoms with E-state index in [1.54, 1.807) is 18.2 Å². The molecule has 0 amide bonds. The maximum absolute atomic E-state index is 12.3. The second-order valence-corrected chi connectivity index (χ2v) is 6.54. The van der Waals surface area contributed by atoms with Gasteiger partial charge in [-0.2, -0.15) is 4.31 Å². The van der Waals surface area contributed by atoms with E-state index in [2.05, 4.69) is 4.90 Å². The lowest BCUT2D eigenvalue weighted by molar-refractivity contribution is 0.222. The highest BCUT2D eigenvalue weighted by molar-refractivity contribution is 7.89. The molecule has 17 heavy (non-hydrogen) atoms. The zero-order chi connectivity index (χ0) is 12.5. The van der Waals surface area contributed by atoms with Crippen molar-refractivity contribution in [2.45, 2.75) is 4.90 Å². The van der Waals surface area contributed by atoms with Crippen molar-refractivity contribution in [3.05, 3.63) is 29.3 Å². The van der Waals surface area contributed by atoms with Gasteiger partial charge in [-0.15, -0.1) is 0 Å². The Bertz CT molecular complexity index is 496. The van der Waals surface area contributed by atoms with Crippen LogP contribution in [-0.4, -0.2) is 50.8 Å². The van der Waals surface area contributed by atoms with E-state index in [4.69, 9.17) is 11.6 Å². The maximum Gasteiger partial charge on any atom is 0.243 e. The van der Waals surface area contributed by atoms with Gasteiger partial charge in [-0.25, -0.2) is 8.42 Å². The highest BCUT2D eigenvalue weighted by Gasteiger charge is 2.27. The Balaban J connectivity index is 2.25. The molecule has 1 aromatic carbocycles. The normalized spacial score (nSPS) is 19.4. The molecule has 0 saturated carbocycles. The molecule has 1 aliphatic heterocycles. The van der Waals surface area contributed by atoms with Gasteiger partial charge in [0.1, 0.15) is 0 Å². The molecule has 0 N–H and O–H groups in total. The molecule has 0 aromatic heterocycles. The predicted molar refractivity (Wildman–Crippen MR) is 67.7 cm³/mol. The minimum Gasteiger partial charge on any atom is -0.304 e. The van der Waals surface area contributed by atoms with Gasteiger partial charge < -0.3 is 4.90 Å². The number of rotatable bonds is 2. The van der Waals surface area contributed by atoms with Crippen molar-refractivity contribution in [2.24, 2.45) is 0 Å². The summed E-state index contributed by atoms with van der Waals surface area (Å²) >= 11 is 5.82. The number of likely N-dealkylation sites (N-methyl/N-ethyl adjacent to an activating group) is 1. The summed E-state index contributed by atoms with van der Waals surface area (Å²) in [5.41, 5.74) is 0. The zero-order valence-corrected chi connectivity index (χ0v) is 11.2. The second kappa shape index (κ2) is 4.94. The minimum absolute atomic E-state index is 0.273. The number of sulfonamides is 1. The highest BCUT2D eigenvalue weighted by Crippen LogP contribution is 2.20. The van der Waals surface area contributed by atoms with Crippen molar-refractivity contribution in [1.29, 1.82) is 0 Å². The van der Waals surface area contributed by atoms with E-state index in [0.717, 1.165) is 13.1 Å². The lowest BCUT2D eigenvalue weighted by Crippen LogP contribution is -2.46. The van der Waals surface area contributed by atoms with E-state index in [-0.39, 0.29) is 4.90 Å². The fourth-order valence-electron chi connectivity index (χ4n) is 1.80. The Hall–Kier alpha value is -0.620. The largest absolute Gasteiger partial charge is 0.304 e. The molecular weight excluding hydrogens is 260 g/mol. The van der Waals surface area contributed by atoms with E-state index in [1.165, 1.54) is 10.4 Å². The van der Waals surface area contributed by atoms with Crippen LogP contribution in [0.4, 0.5) is 0 Å². The number of piperazine rings is 1. The van der Waals surface area contributed by atoms with Gasteiger partial charge in [-0.05, 0) is 25.2 Å². The predicted octanol–water partition coefficient (Wildman–Crippen LogP) is 1.28. The lowest BCUT2D eigenvalue weighted by Gasteiger charge is -2.31. The van der Waals surface area contributed by atoms with Crippen LogP contribution in [-0.2, 0) is 10.0 Å². The number of nitrogens with zero attached hydrogens (tertiary/aromatic N) is 2. The smallest absolute Gasteiger partial charge is 0.243 e. The van der Waals surface area contributed by atoms with Crippen molar-refractivity contribution in [2.75, 3.05) is 33.2 Å². The summed E-state index contributed by atoms with van der Waals surface area (Å²) in [4.78, 5) is 2.39. The summed E-state index contributed by atoms with van der Waals surface area (Å²) < 4.78 is 26.1. The molecule has 94 valence electrons. The molecule has 0 unspecified atom stereocenters. The van der Waals surface area contributed by atoms with Crippen molar-refractivity contribution < 1.29 is 8.42 Å². The van der Waals surface area contributed by atoms with Crippen molar-refractivity contribution in [3.8, 4) is 0 Å².